The van der Waals surface area contributed by atoms with Crippen LogP contribution >= 0.6 is 0 Å². The van der Waals surface area contributed by atoms with Crippen molar-refractivity contribution >= 4 is 5.78 Å². The number of hydrogen-bond donors (Lipinski definition) is 0. The Hall–Kier alpha value is -1.31. The molecule has 0 radical (unpaired) electrons. The molecule has 1 aliphatic rings. The fraction of sp³-hybridized carbons (Fsp3) is 0.462. The summed E-state index contributed by atoms with van der Waals surface area (Å²) in [6.45, 7) is 3.99. The molecule has 0 heterocycles. The molecule has 1 fully saturated rings. The van der Waals surface area contributed by atoms with Gasteiger partial charge in [-0.2, -0.15) is 0 Å². The molecule has 0 unspecified atom stereocenters. The van der Waals surface area contributed by atoms with Crippen LogP contribution in [0.4, 0.5) is 0 Å². The van der Waals surface area contributed by atoms with E-state index in [1.807, 2.05) is 26.0 Å². The second-order valence-electron chi connectivity index (χ2n) is 4.20. The highest BCUT2D eigenvalue weighted by Crippen LogP contribution is 2.35. The maximum Gasteiger partial charge on any atom is 0.166 e. The number of benzene rings is 1. The molecule has 2 heteroatoms. The Labute approximate surface area is 90.3 Å². The third kappa shape index (κ3) is 1.76. The maximum absolute atomic E-state index is 11.9. The number of carbonyl (C=O) groups excluding carboxylic acids is 1. The lowest BCUT2D eigenvalue weighted by Gasteiger charge is -2.11. The smallest absolute Gasteiger partial charge is 0.166 e. The van der Waals surface area contributed by atoms with Crippen LogP contribution in [0, 0.1) is 19.8 Å². The zero-order chi connectivity index (χ0) is 11.0. The molecule has 15 heavy (non-hydrogen) atoms. The Morgan fingerprint density at radius 3 is 2.47 bits per heavy atom. The largest absolute Gasteiger partial charge is 0.496 e. The molecule has 0 amide bonds. The van der Waals surface area contributed by atoms with Gasteiger partial charge in [-0.05, 0) is 49.9 Å². The molecule has 0 aromatic heterocycles. The molecule has 0 N–H and O–H groups in total. The number of carbonyl (C=O) groups is 1. The number of ether oxygens (including phenoxy) is 1. The highest BCUT2D eigenvalue weighted by atomic mass is 16.5. The Kier molecular flexibility index (Phi) is 2.51. The van der Waals surface area contributed by atoms with Gasteiger partial charge in [0.1, 0.15) is 5.75 Å². The summed E-state index contributed by atoms with van der Waals surface area (Å²) < 4.78 is 5.23. The van der Waals surface area contributed by atoms with E-state index in [2.05, 4.69) is 0 Å². The van der Waals surface area contributed by atoms with Crippen molar-refractivity contribution in [2.45, 2.75) is 26.7 Å². The molecule has 0 atom stereocenters. The quantitative estimate of drug-likeness (QED) is 0.708. The molecule has 2 rings (SSSR count). The van der Waals surface area contributed by atoms with Crippen LogP contribution in [0.2, 0.25) is 0 Å². The van der Waals surface area contributed by atoms with Crippen molar-refractivity contribution in [2.24, 2.45) is 5.92 Å². The van der Waals surface area contributed by atoms with Crippen LogP contribution in [0.5, 0.6) is 5.75 Å². The Balaban J connectivity index is 2.40. The van der Waals surface area contributed by atoms with E-state index in [9.17, 15) is 4.79 Å². The molecule has 2 nitrogen and oxygen atoms in total. The second kappa shape index (κ2) is 3.69. The molecule has 0 spiro atoms. The Morgan fingerprint density at radius 1 is 1.27 bits per heavy atom. The summed E-state index contributed by atoms with van der Waals surface area (Å²) in [6.07, 6.45) is 2.12. The zero-order valence-corrected chi connectivity index (χ0v) is 9.46. The first-order valence-electron chi connectivity index (χ1n) is 5.33. The molecule has 80 valence electrons. The third-order valence-electron chi connectivity index (χ3n) is 3.17. The first kappa shape index (κ1) is 10.2. The van der Waals surface area contributed by atoms with E-state index in [1.165, 1.54) is 0 Å². The minimum Gasteiger partial charge on any atom is -0.496 e. The molecule has 0 aliphatic heterocycles. The monoisotopic (exact) mass is 204 g/mol. The minimum atomic E-state index is 0.288. The van der Waals surface area contributed by atoms with E-state index in [-0.39, 0.29) is 5.92 Å². The van der Waals surface area contributed by atoms with Gasteiger partial charge in [-0.15, -0.1) is 0 Å². The zero-order valence-electron chi connectivity index (χ0n) is 9.46. The van der Waals surface area contributed by atoms with Gasteiger partial charge in [0.25, 0.3) is 0 Å². The number of Topliss-reactive ketones (excluding diaryl/α,β-unsaturated/α-hetero) is 1. The highest BCUT2D eigenvalue weighted by Gasteiger charge is 2.31. The van der Waals surface area contributed by atoms with Crippen molar-refractivity contribution in [3.05, 3.63) is 28.8 Å². The molecule has 1 aromatic rings. The minimum absolute atomic E-state index is 0.288. The molecule has 0 saturated heterocycles. The molecule has 1 saturated carbocycles. The lowest BCUT2D eigenvalue weighted by atomic mass is 9.97. The summed E-state index contributed by atoms with van der Waals surface area (Å²) in [6, 6.07) is 3.78. The molecule has 0 bridgehead atoms. The first-order valence-corrected chi connectivity index (χ1v) is 5.33. The number of hydrogen-bond acceptors (Lipinski definition) is 2. The van der Waals surface area contributed by atoms with Gasteiger partial charge in [0.05, 0.1) is 7.11 Å². The van der Waals surface area contributed by atoms with Crippen molar-refractivity contribution in [3.63, 3.8) is 0 Å². The SMILES string of the molecule is COc1ccc(C(=O)C2CC2)c(C)c1C. The Bertz CT molecular complexity index is 403. The standard InChI is InChI=1S/C13H16O2/c1-8-9(2)12(15-3)7-6-11(8)13(14)10-4-5-10/h6-7,10H,4-5H2,1-3H3. The lowest BCUT2D eigenvalue weighted by molar-refractivity contribution is 0.0967. The fourth-order valence-corrected chi connectivity index (χ4v) is 1.85. The van der Waals surface area contributed by atoms with Crippen LogP contribution in [0.3, 0.4) is 0 Å². The van der Waals surface area contributed by atoms with Crippen LogP contribution in [-0.4, -0.2) is 12.9 Å². The summed E-state index contributed by atoms with van der Waals surface area (Å²) in [7, 11) is 1.66. The van der Waals surface area contributed by atoms with Crippen molar-refractivity contribution in [1.29, 1.82) is 0 Å². The first-order chi connectivity index (χ1) is 7.15. The van der Waals surface area contributed by atoms with E-state index in [1.54, 1.807) is 7.11 Å². The van der Waals surface area contributed by atoms with Crippen molar-refractivity contribution in [2.75, 3.05) is 7.11 Å². The lowest BCUT2D eigenvalue weighted by Crippen LogP contribution is -2.05. The fourth-order valence-electron chi connectivity index (χ4n) is 1.85. The highest BCUT2D eigenvalue weighted by molar-refractivity contribution is 6.00. The summed E-state index contributed by atoms with van der Waals surface area (Å²) in [5.74, 6) is 1.45. The normalized spacial score (nSPS) is 15.1. The van der Waals surface area contributed by atoms with Gasteiger partial charge in [0.15, 0.2) is 5.78 Å². The van der Waals surface area contributed by atoms with Gasteiger partial charge < -0.3 is 4.74 Å². The average Bonchev–Trinajstić information content (AvgIpc) is 3.04. The van der Waals surface area contributed by atoms with Crippen molar-refractivity contribution < 1.29 is 9.53 Å². The second-order valence-corrected chi connectivity index (χ2v) is 4.20. The predicted octanol–water partition coefficient (Wildman–Crippen LogP) is 2.90. The van der Waals surface area contributed by atoms with Gasteiger partial charge in [0.2, 0.25) is 0 Å². The topological polar surface area (TPSA) is 26.3 Å². The van der Waals surface area contributed by atoms with Crippen LogP contribution < -0.4 is 4.74 Å². The van der Waals surface area contributed by atoms with Crippen LogP contribution in [-0.2, 0) is 0 Å². The number of ketones is 1. The average molecular weight is 204 g/mol. The van der Waals surface area contributed by atoms with Crippen molar-refractivity contribution in [3.8, 4) is 5.75 Å². The number of rotatable bonds is 3. The molecular weight excluding hydrogens is 188 g/mol. The van der Waals surface area contributed by atoms with Gasteiger partial charge in [-0.1, -0.05) is 0 Å². The Morgan fingerprint density at radius 2 is 1.93 bits per heavy atom. The molecule has 1 aromatic carbocycles. The van der Waals surface area contributed by atoms with E-state index in [0.717, 1.165) is 35.3 Å². The molecular formula is C13H16O2. The van der Waals surface area contributed by atoms with Crippen LogP contribution in [0.25, 0.3) is 0 Å². The maximum atomic E-state index is 11.9. The summed E-state index contributed by atoms with van der Waals surface area (Å²) >= 11 is 0. The van der Waals surface area contributed by atoms with E-state index < -0.39 is 0 Å². The van der Waals surface area contributed by atoms with E-state index in [4.69, 9.17) is 4.74 Å². The van der Waals surface area contributed by atoms with E-state index in [0.29, 0.717) is 5.78 Å². The van der Waals surface area contributed by atoms with Crippen LogP contribution in [0.1, 0.15) is 34.3 Å². The summed E-state index contributed by atoms with van der Waals surface area (Å²) in [4.78, 5) is 11.9. The van der Waals surface area contributed by atoms with Gasteiger partial charge >= 0.3 is 0 Å². The van der Waals surface area contributed by atoms with Crippen molar-refractivity contribution in [1.82, 2.24) is 0 Å². The van der Waals surface area contributed by atoms with Gasteiger partial charge in [-0.3, -0.25) is 4.79 Å². The molecule has 1 aliphatic carbocycles. The summed E-state index contributed by atoms with van der Waals surface area (Å²) in [5.41, 5.74) is 3.01. The van der Waals surface area contributed by atoms with Gasteiger partial charge in [-0.25, -0.2) is 0 Å². The van der Waals surface area contributed by atoms with Gasteiger partial charge in [0, 0.05) is 11.5 Å². The number of methoxy groups -OCH3 is 1. The van der Waals surface area contributed by atoms with Crippen LogP contribution in [0.15, 0.2) is 12.1 Å². The summed E-state index contributed by atoms with van der Waals surface area (Å²) in [5, 5.41) is 0. The van der Waals surface area contributed by atoms with E-state index >= 15 is 0 Å². The predicted molar refractivity (Wildman–Crippen MR) is 59.5 cm³/mol. The third-order valence-corrected chi connectivity index (χ3v) is 3.17.